The highest BCUT2D eigenvalue weighted by Gasteiger charge is 2.67. The van der Waals surface area contributed by atoms with Gasteiger partial charge in [0.25, 0.3) is 0 Å². The van der Waals surface area contributed by atoms with Crippen molar-refractivity contribution in [2.75, 3.05) is 6.54 Å². The maximum absolute atomic E-state index is 3.72. The first-order valence-electron chi connectivity index (χ1n) is 8.06. The lowest BCUT2D eigenvalue weighted by atomic mass is 9.93. The summed E-state index contributed by atoms with van der Waals surface area (Å²) in [5.74, 6) is 1.32. The third-order valence-corrected chi connectivity index (χ3v) is 5.85. The van der Waals surface area contributed by atoms with Crippen LogP contribution in [0.15, 0.2) is 24.3 Å². The monoisotopic (exact) mass is 273 g/mol. The molecule has 0 saturated heterocycles. The van der Waals surface area contributed by atoms with E-state index in [0.29, 0.717) is 28.7 Å². The molecule has 2 rings (SSSR count). The van der Waals surface area contributed by atoms with Crippen molar-refractivity contribution in [1.82, 2.24) is 5.32 Å². The fraction of sp³-hybridized carbons (Fsp3) is 0.684. The van der Waals surface area contributed by atoms with Crippen molar-refractivity contribution >= 4 is 0 Å². The van der Waals surface area contributed by atoms with Crippen LogP contribution in [0.5, 0.6) is 0 Å². The predicted molar refractivity (Wildman–Crippen MR) is 88.0 cm³/mol. The van der Waals surface area contributed by atoms with Crippen molar-refractivity contribution in [3.05, 3.63) is 35.4 Å². The zero-order valence-electron chi connectivity index (χ0n) is 14.2. The van der Waals surface area contributed by atoms with Crippen LogP contribution in [-0.2, 0) is 0 Å². The van der Waals surface area contributed by atoms with Gasteiger partial charge in [-0.05, 0) is 40.3 Å². The Balaban J connectivity index is 2.26. The smallest absolute Gasteiger partial charge is 0.0359 e. The largest absolute Gasteiger partial charge is 0.310 e. The molecule has 20 heavy (non-hydrogen) atoms. The SMILES string of the molecule is CCNC(c1ccc(C(C)C)cc1)C1C(C)(C)C1(C)C. The molecule has 1 aromatic carbocycles. The second-order valence-electron chi connectivity index (χ2n) is 7.78. The molecule has 0 aromatic heterocycles. The molecule has 0 radical (unpaired) electrons. The Hall–Kier alpha value is -0.820. The lowest BCUT2D eigenvalue weighted by Crippen LogP contribution is -2.25. The lowest BCUT2D eigenvalue weighted by Gasteiger charge is -2.21. The van der Waals surface area contributed by atoms with E-state index in [1.807, 2.05) is 0 Å². The molecule has 1 aliphatic carbocycles. The van der Waals surface area contributed by atoms with Crippen LogP contribution < -0.4 is 5.32 Å². The van der Waals surface area contributed by atoms with Gasteiger partial charge in [-0.1, -0.05) is 72.7 Å². The van der Waals surface area contributed by atoms with E-state index in [1.54, 1.807) is 0 Å². The van der Waals surface area contributed by atoms with Gasteiger partial charge in [0.2, 0.25) is 0 Å². The minimum atomic E-state index is 0.413. The third kappa shape index (κ3) is 2.41. The Morgan fingerprint density at radius 1 is 0.950 bits per heavy atom. The van der Waals surface area contributed by atoms with Crippen LogP contribution >= 0.6 is 0 Å². The molecular formula is C19H31N. The van der Waals surface area contributed by atoms with E-state index in [2.05, 4.69) is 78.0 Å². The van der Waals surface area contributed by atoms with E-state index in [1.165, 1.54) is 11.1 Å². The summed E-state index contributed by atoms with van der Waals surface area (Å²) in [5.41, 5.74) is 3.70. The summed E-state index contributed by atoms with van der Waals surface area (Å²) >= 11 is 0. The van der Waals surface area contributed by atoms with Crippen molar-refractivity contribution in [2.24, 2.45) is 16.7 Å². The Labute approximate surface area is 125 Å². The van der Waals surface area contributed by atoms with Crippen LogP contribution in [0.1, 0.15) is 71.6 Å². The first-order chi connectivity index (χ1) is 9.23. The summed E-state index contributed by atoms with van der Waals surface area (Å²) in [5, 5.41) is 3.72. The molecule has 0 aliphatic heterocycles. The molecule has 1 aliphatic rings. The van der Waals surface area contributed by atoms with Gasteiger partial charge >= 0.3 is 0 Å². The maximum Gasteiger partial charge on any atom is 0.0359 e. The fourth-order valence-corrected chi connectivity index (χ4v) is 3.82. The standard InChI is InChI=1S/C19H31N/c1-8-20-16(17-18(4,5)19(17,6)7)15-11-9-14(10-12-15)13(2)3/h9-13,16-17,20H,8H2,1-7H3. The molecule has 1 atom stereocenters. The number of hydrogen-bond acceptors (Lipinski definition) is 1. The lowest BCUT2D eigenvalue weighted by molar-refractivity contribution is 0.418. The Kier molecular flexibility index (Phi) is 4.03. The fourth-order valence-electron chi connectivity index (χ4n) is 3.82. The number of hydrogen-bond donors (Lipinski definition) is 1. The summed E-state index contributed by atoms with van der Waals surface area (Å²) in [6.07, 6.45) is 0. The highest BCUT2D eigenvalue weighted by Crippen LogP contribution is 2.72. The van der Waals surface area contributed by atoms with Gasteiger partial charge < -0.3 is 5.32 Å². The molecule has 0 amide bonds. The molecule has 112 valence electrons. The zero-order valence-corrected chi connectivity index (χ0v) is 14.2. The Morgan fingerprint density at radius 3 is 1.75 bits per heavy atom. The highest BCUT2D eigenvalue weighted by atomic mass is 15.0. The minimum absolute atomic E-state index is 0.413. The predicted octanol–water partition coefficient (Wildman–Crippen LogP) is 5.14. The molecule has 1 nitrogen and oxygen atoms in total. The van der Waals surface area contributed by atoms with Crippen LogP contribution in [0, 0.1) is 16.7 Å². The van der Waals surface area contributed by atoms with Crippen LogP contribution in [0.2, 0.25) is 0 Å². The van der Waals surface area contributed by atoms with Crippen molar-refractivity contribution in [3.8, 4) is 0 Å². The van der Waals surface area contributed by atoms with E-state index in [4.69, 9.17) is 0 Å². The van der Waals surface area contributed by atoms with Crippen molar-refractivity contribution < 1.29 is 0 Å². The second-order valence-corrected chi connectivity index (χ2v) is 7.78. The molecule has 1 heteroatoms. The summed E-state index contributed by atoms with van der Waals surface area (Å²) < 4.78 is 0. The molecule has 0 spiro atoms. The van der Waals surface area contributed by atoms with E-state index in [0.717, 1.165) is 6.54 Å². The van der Waals surface area contributed by atoms with E-state index in [-0.39, 0.29) is 0 Å². The first kappa shape index (κ1) is 15.6. The Morgan fingerprint density at radius 2 is 1.40 bits per heavy atom. The molecule has 0 heterocycles. The van der Waals surface area contributed by atoms with E-state index in [9.17, 15) is 0 Å². The molecular weight excluding hydrogens is 242 g/mol. The number of rotatable bonds is 5. The Bertz CT molecular complexity index is 439. The normalized spacial score (nSPS) is 22.0. The first-order valence-corrected chi connectivity index (χ1v) is 8.06. The summed E-state index contributed by atoms with van der Waals surface area (Å²) in [6, 6.07) is 9.73. The highest BCUT2D eigenvalue weighted by molar-refractivity contribution is 5.31. The van der Waals surface area contributed by atoms with Crippen LogP contribution in [0.3, 0.4) is 0 Å². The van der Waals surface area contributed by atoms with Crippen molar-refractivity contribution in [3.63, 3.8) is 0 Å². The summed E-state index contributed by atoms with van der Waals surface area (Å²) in [7, 11) is 0. The molecule has 1 fully saturated rings. The number of nitrogens with one attached hydrogen (secondary N) is 1. The topological polar surface area (TPSA) is 12.0 Å². The van der Waals surface area contributed by atoms with Crippen molar-refractivity contribution in [2.45, 2.75) is 60.4 Å². The second kappa shape index (κ2) is 5.18. The molecule has 1 saturated carbocycles. The zero-order chi connectivity index (χ0) is 15.1. The van der Waals surface area contributed by atoms with E-state index < -0.39 is 0 Å². The van der Waals surface area contributed by atoms with Gasteiger partial charge in [0.1, 0.15) is 0 Å². The van der Waals surface area contributed by atoms with E-state index >= 15 is 0 Å². The van der Waals surface area contributed by atoms with Gasteiger partial charge in [0.15, 0.2) is 0 Å². The summed E-state index contributed by atoms with van der Waals surface area (Å²) in [4.78, 5) is 0. The minimum Gasteiger partial charge on any atom is -0.310 e. The number of benzene rings is 1. The van der Waals surface area contributed by atoms with Gasteiger partial charge in [-0.25, -0.2) is 0 Å². The van der Waals surface area contributed by atoms with Gasteiger partial charge in [0.05, 0.1) is 0 Å². The van der Waals surface area contributed by atoms with Crippen LogP contribution in [0.4, 0.5) is 0 Å². The molecule has 1 aromatic rings. The van der Waals surface area contributed by atoms with Gasteiger partial charge in [0, 0.05) is 6.04 Å². The summed E-state index contributed by atoms with van der Waals surface area (Å²) in [6.45, 7) is 17.4. The van der Waals surface area contributed by atoms with Crippen LogP contribution in [-0.4, -0.2) is 6.54 Å². The quantitative estimate of drug-likeness (QED) is 0.783. The van der Waals surface area contributed by atoms with Crippen LogP contribution in [0.25, 0.3) is 0 Å². The van der Waals surface area contributed by atoms with Gasteiger partial charge in [-0.15, -0.1) is 0 Å². The molecule has 1 unspecified atom stereocenters. The third-order valence-electron chi connectivity index (χ3n) is 5.85. The molecule has 0 bridgehead atoms. The maximum atomic E-state index is 3.72. The molecule has 1 N–H and O–H groups in total. The average molecular weight is 273 g/mol. The van der Waals surface area contributed by atoms with Gasteiger partial charge in [-0.2, -0.15) is 0 Å². The average Bonchev–Trinajstić information content (AvgIpc) is 2.77. The van der Waals surface area contributed by atoms with Gasteiger partial charge in [-0.3, -0.25) is 0 Å². The van der Waals surface area contributed by atoms with Crippen molar-refractivity contribution in [1.29, 1.82) is 0 Å².